The van der Waals surface area contributed by atoms with E-state index >= 15 is 0 Å². The number of methoxy groups -OCH3 is 1. The predicted molar refractivity (Wildman–Crippen MR) is 168 cm³/mol. The summed E-state index contributed by atoms with van der Waals surface area (Å²) in [4.78, 5) is 25.8. The zero-order valence-corrected chi connectivity index (χ0v) is 26.5. The van der Waals surface area contributed by atoms with Crippen molar-refractivity contribution in [3.05, 3.63) is 59.8 Å². The molecule has 0 aliphatic heterocycles. The van der Waals surface area contributed by atoms with E-state index < -0.39 is 0 Å². The molecule has 1 aromatic carbocycles. The van der Waals surface area contributed by atoms with Crippen LogP contribution in [-0.4, -0.2) is 40.7 Å². The number of amides is 1. The molecule has 0 radical (unpaired) electrons. The van der Waals surface area contributed by atoms with E-state index in [1.165, 1.54) is 11.1 Å². The van der Waals surface area contributed by atoms with Crippen LogP contribution in [0.1, 0.15) is 102 Å². The minimum absolute atomic E-state index is 0.0814. The highest BCUT2D eigenvalue weighted by molar-refractivity contribution is 5.94. The van der Waals surface area contributed by atoms with Crippen LogP contribution in [0.4, 0.5) is 5.82 Å². The largest absolute Gasteiger partial charge is 0.496 e. The molecule has 3 aromatic rings. The van der Waals surface area contributed by atoms with Crippen LogP contribution in [0.3, 0.4) is 0 Å². The summed E-state index contributed by atoms with van der Waals surface area (Å²) in [5, 5.41) is 10.1. The van der Waals surface area contributed by atoms with Crippen molar-refractivity contribution in [1.29, 1.82) is 0 Å². The second kappa shape index (κ2) is 11.4. The van der Waals surface area contributed by atoms with Crippen LogP contribution < -0.4 is 9.64 Å². The molecule has 2 heterocycles. The first-order valence-corrected chi connectivity index (χ1v) is 16.1. The first-order chi connectivity index (χ1) is 20.5. The van der Waals surface area contributed by atoms with Crippen molar-refractivity contribution in [2.75, 3.05) is 18.6 Å². The Labute approximate surface area is 256 Å². The maximum absolute atomic E-state index is 14.3. The Morgan fingerprint density at radius 2 is 1.74 bits per heavy atom. The maximum Gasteiger partial charge on any atom is 0.231 e. The molecule has 4 saturated carbocycles. The molecule has 1 amide bonds. The van der Waals surface area contributed by atoms with Crippen LogP contribution in [0, 0.1) is 18.3 Å². The van der Waals surface area contributed by atoms with Crippen molar-refractivity contribution in [3.63, 3.8) is 0 Å². The lowest BCUT2D eigenvalue weighted by molar-refractivity contribution is -0.124. The zero-order valence-electron chi connectivity index (χ0n) is 26.5. The molecular formula is C36H47N3O4. The van der Waals surface area contributed by atoms with E-state index in [-0.39, 0.29) is 34.2 Å². The fraction of sp³-hybridized carbons (Fsp3) is 0.583. The van der Waals surface area contributed by atoms with Gasteiger partial charge < -0.3 is 14.3 Å². The number of benzene rings is 1. The smallest absolute Gasteiger partial charge is 0.231 e. The molecule has 43 heavy (non-hydrogen) atoms. The van der Waals surface area contributed by atoms with Gasteiger partial charge in [0.15, 0.2) is 5.89 Å². The van der Waals surface area contributed by atoms with Gasteiger partial charge in [0.2, 0.25) is 5.91 Å². The lowest BCUT2D eigenvalue weighted by Crippen LogP contribution is -2.52. The van der Waals surface area contributed by atoms with Crippen molar-refractivity contribution >= 4 is 11.7 Å². The Kier molecular flexibility index (Phi) is 7.91. The first-order valence-electron chi connectivity index (χ1n) is 16.1. The maximum atomic E-state index is 14.3. The van der Waals surface area contributed by atoms with Crippen LogP contribution >= 0.6 is 0 Å². The van der Waals surface area contributed by atoms with E-state index in [0.29, 0.717) is 31.1 Å². The number of carbonyl (C=O) groups is 1. The molecule has 0 saturated heterocycles. The molecule has 7 nitrogen and oxygen atoms in total. The summed E-state index contributed by atoms with van der Waals surface area (Å²) in [6.07, 6.45) is 12.7. The van der Waals surface area contributed by atoms with Gasteiger partial charge in [0.05, 0.1) is 13.2 Å². The van der Waals surface area contributed by atoms with Crippen LogP contribution in [0.5, 0.6) is 5.75 Å². The third-order valence-electron chi connectivity index (χ3n) is 10.7. The summed E-state index contributed by atoms with van der Waals surface area (Å²) in [6, 6.07) is 10.7. The van der Waals surface area contributed by atoms with Crippen LogP contribution in [0.15, 0.2) is 47.2 Å². The third-order valence-corrected chi connectivity index (χ3v) is 10.7. The third kappa shape index (κ3) is 5.85. The SMILES string of the molecule is COc1ccc(C23CCC(CN(c4cc(-c5coc(C(C)(C)C)n5)ccn4)C(=O)[C@H]4CC[C@H](O)CC4)(CC2)CC3)cc1C. The number of pyridine rings is 1. The first kappa shape index (κ1) is 29.9. The van der Waals surface area contributed by atoms with Gasteiger partial charge in [0, 0.05) is 29.6 Å². The zero-order chi connectivity index (χ0) is 30.4. The van der Waals surface area contributed by atoms with E-state index in [1.54, 1.807) is 19.6 Å². The number of fused-ring (bicyclic) bond motifs is 3. The Balaban J connectivity index is 1.27. The normalized spacial score (nSPS) is 27.2. The van der Waals surface area contributed by atoms with Gasteiger partial charge in [-0.15, -0.1) is 0 Å². The molecule has 0 atom stereocenters. The molecule has 4 fully saturated rings. The summed E-state index contributed by atoms with van der Waals surface area (Å²) in [7, 11) is 1.73. The topological polar surface area (TPSA) is 88.7 Å². The van der Waals surface area contributed by atoms with Crippen molar-refractivity contribution in [1.82, 2.24) is 9.97 Å². The number of hydrogen-bond acceptors (Lipinski definition) is 6. The number of oxazole rings is 1. The van der Waals surface area contributed by atoms with Gasteiger partial charge in [-0.25, -0.2) is 9.97 Å². The van der Waals surface area contributed by atoms with Gasteiger partial charge in [0.25, 0.3) is 0 Å². The Bertz CT molecular complexity index is 1440. The molecule has 7 heteroatoms. The van der Waals surface area contributed by atoms with E-state index in [4.69, 9.17) is 19.1 Å². The molecule has 2 bridgehead atoms. The second-order valence-corrected chi connectivity index (χ2v) is 14.6. The number of rotatable bonds is 7. The number of aromatic nitrogens is 2. The lowest BCUT2D eigenvalue weighted by Gasteiger charge is -2.55. The number of aliphatic hydroxyl groups excluding tert-OH is 1. The minimum atomic E-state index is -0.298. The standard InChI is InChI=1S/C36H47N3O4/c1-24-20-27(8-11-30(24)42-5)36-16-13-35(14-17-36,15-18-36)23-39(32(41)25-6-9-28(40)10-7-25)31-21-26(12-19-37-31)29-22-43-33(38-29)34(2,3)4/h8,11-12,19-22,25,28,40H,6-7,9-10,13-18,23H2,1-5H3/t25-,28-,35?,36?. The fourth-order valence-corrected chi connectivity index (χ4v) is 7.77. The van der Waals surface area contributed by atoms with Crippen LogP contribution in [0.25, 0.3) is 11.3 Å². The average molecular weight is 586 g/mol. The Morgan fingerprint density at radius 3 is 2.35 bits per heavy atom. The molecule has 4 aliphatic carbocycles. The summed E-state index contributed by atoms with van der Waals surface area (Å²) in [5.74, 6) is 2.39. The molecule has 0 spiro atoms. The van der Waals surface area contributed by atoms with Crippen LogP contribution in [-0.2, 0) is 15.6 Å². The van der Waals surface area contributed by atoms with Gasteiger partial charge in [-0.1, -0.05) is 32.9 Å². The molecule has 4 aliphatic rings. The van der Waals surface area contributed by atoms with Crippen molar-refractivity contribution < 1.29 is 19.1 Å². The monoisotopic (exact) mass is 585 g/mol. The second-order valence-electron chi connectivity index (χ2n) is 14.6. The van der Waals surface area contributed by atoms with Gasteiger partial charge in [0.1, 0.15) is 23.5 Å². The molecule has 1 N–H and O–H groups in total. The number of anilines is 1. The minimum Gasteiger partial charge on any atom is -0.496 e. The Hall–Kier alpha value is -3.19. The van der Waals surface area contributed by atoms with Crippen molar-refractivity contribution in [2.24, 2.45) is 11.3 Å². The Morgan fingerprint density at radius 1 is 1.05 bits per heavy atom. The number of carbonyl (C=O) groups excluding carboxylic acids is 1. The summed E-state index contributed by atoms with van der Waals surface area (Å²) < 4.78 is 11.4. The van der Waals surface area contributed by atoms with Crippen molar-refractivity contribution in [3.8, 4) is 17.0 Å². The summed E-state index contributed by atoms with van der Waals surface area (Å²) in [6.45, 7) is 9.07. The number of nitrogens with zero attached hydrogens (tertiary/aromatic N) is 3. The molecule has 0 unspecified atom stereocenters. The lowest BCUT2D eigenvalue weighted by atomic mass is 9.51. The highest BCUT2D eigenvalue weighted by Crippen LogP contribution is 2.58. The van der Waals surface area contributed by atoms with Crippen molar-refractivity contribution in [2.45, 2.75) is 109 Å². The van der Waals surface area contributed by atoms with E-state index in [0.717, 1.165) is 68.4 Å². The number of hydrogen-bond donors (Lipinski definition) is 1. The average Bonchev–Trinajstić information content (AvgIpc) is 3.53. The summed E-state index contributed by atoms with van der Waals surface area (Å²) >= 11 is 0. The van der Waals surface area contributed by atoms with Crippen LogP contribution in [0.2, 0.25) is 0 Å². The highest BCUT2D eigenvalue weighted by atomic mass is 16.5. The predicted octanol–water partition coefficient (Wildman–Crippen LogP) is 7.53. The fourth-order valence-electron chi connectivity index (χ4n) is 7.77. The molecule has 230 valence electrons. The number of ether oxygens (including phenoxy) is 1. The van der Waals surface area contributed by atoms with Gasteiger partial charge >= 0.3 is 0 Å². The summed E-state index contributed by atoms with van der Waals surface area (Å²) in [5.41, 5.74) is 4.39. The van der Waals surface area contributed by atoms with Gasteiger partial charge in [-0.2, -0.15) is 0 Å². The van der Waals surface area contributed by atoms with E-state index in [1.807, 2.05) is 17.0 Å². The van der Waals surface area contributed by atoms with Gasteiger partial charge in [-0.3, -0.25) is 9.69 Å². The number of aliphatic hydroxyl groups is 1. The molecule has 2 aromatic heterocycles. The van der Waals surface area contributed by atoms with Gasteiger partial charge in [-0.05, 0) is 111 Å². The number of aryl methyl sites for hydroxylation is 1. The highest BCUT2D eigenvalue weighted by Gasteiger charge is 2.50. The molecule has 7 rings (SSSR count). The molecular weight excluding hydrogens is 538 g/mol. The van der Waals surface area contributed by atoms with E-state index in [2.05, 4.69) is 45.9 Å². The van der Waals surface area contributed by atoms with E-state index in [9.17, 15) is 9.90 Å². The quantitative estimate of drug-likeness (QED) is 0.308.